The first-order valence-corrected chi connectivity index (χ1v) is 6.13. The van der Waals surface area contributed by atoms with Gasteiger partial charge in [-0.05, 0) is 36.8 Å². The van der Waals surface area contributed by atoms with Gasteiger partial charge >= 0.3 is 0 Å². The minimum atomic E-state index is -0.607. The SMILES string of the molecule is OC1(Cc2cccnc2)CC2CCN1CC2. The Kier molecular flexibility index (Phi) is 2.45. The Morgan fingerprint density at radius 1 is 1.44 bits per heavy atom. The van der Waals surface area contributed by atoms with Crippen molar-refractivity contribution in [2.75, 3.05) is 13.1 Å². The summed E-state index contributed by atoms with van der Waals surface area (Å²) in [4.78, 5) is 6.36. The summed E-state index contributed by atoms with van der Waals surface area (Å²) >= 11 is 0. The minimum absolute atomic E-state index is 0.607. The van der Waals surface area contributed by atoms with Gasteiger partial charge in [0.25, 0.3) is 0 Å². The van der Waals surface area contributed by atoms with Crippen LogP contribution in [-0.2, 0) is 6.42 Å². The largest absolute Gasteiger partial charge is 0.375 e. The third-order valence-corrected chi connectivity index (χ3v) is 4.03. The molecule has 0 spiro atoms. The van der Waals surface area contributed by atoms with E-state index in [0.717, 1.165) is 37.4 Å². The van der Waals surface area contributed by atoms with Crippen molar-refractivity contribution in [3.8, 4) is 0 Å². The van der Waals surface area contributed by atoms with E-state index in [9.17, 15) is 5.11 Å². The lowest BCUT2D eigenvalue weighted by molar-refractivity contribution is -0.171. The number of aromatic nitrogens is 1. The molecule has 1 aromatic rings. The van der Waals surface area contributed by atoms with Gasteiger partial charge in [0.15, 0.2) is 0 Å². The van der Waals surface area contributed by atoms with Crippen LogP contribution < -0.4 is 0 Å². The molecule has 3 saturated heterocycles. The number of aliphatic hydroxyl groups is 1. The highest BCUT2D eigenvalue weighted by atomic mass is 16.3. The van der Waals surface area contributed by atoms with Crippen molar-refractivity contribution in [2.24, 2.45) is 5.92 Å². The second kappa shape index (κ2) is 3.82. The zero-order chi connectivity index (χ0) is 11.0. The highest BCUT2D eigenvalue weighted by molar-refractivity contribution is 5.13. The van der Waals surface area contributed by atoms with Crippen LogP contribution in [0.1, 0.15) is 24.8 Å². The van der Waals surface area contributed by atoms with Gasteiger partial charge in [-0.1, -0.05) is 6.07 Å². The molecular formula is C13H18N2O. The van der Waals surface area contributed by atoms with Gasteiger partial charge in [0.05, 0.1) is 0 Å². The Balaban J connectivity index is 1.79. The predicted molar refractivity (Wildman–Crippen MR) is 61.8 cm³/mol. The highest BCUT2D eigenvalue weighted by Gasteiger charge is 2.44. The van der Waals surface area contributed by atoms with E-state index in [2.05, 4.69) is 9.88 Å². The van der Waals surface area contributed by atoms with Crippen LogP contribution in [-0.4, -0.2) is 33.8 Å². The van der Waals surface area contributed by atoms with E-state index < -0.39 is 5.72 Å². The maximum absolute atomic E-state index is 10.7. The van der Waals surface area contributed by atoms with Gasteiger partial charge in [-0.2, -0.15) is 0 Å². The second-order valence-electron chi connectivity index (χ2n) is 5.16. The average molecular weight is 218 g/mol. The number of rotatable bonds is 2. The monoisotopic (exact) mass is 218 g/mol. The molecule has 0 aliphatic carbocycles. The van der Waals surface area contributed by atoms with Gasteiger partial charge in [-0.3, -0.25) is 9.88 Å². The fourth-order valence-electron chi connectivity index (χ4n) is 3.16. The molecule has 1 atom stereocenters. The van der Waals surface area contributed by atoms with Crippen molar-refractivity contribution < 1.29 is 5.11 Å². The zero-order valence-electron chi connectivity index (χ0n) is 9.47. The quantitative estimate of drug-likeness (QED) is 0.815. The zero-order valence-corrected chi connectivity index (χ0v) is 9.47. The molecule has 3 heteroatoms. The predicted octanol–water partition coefficient (Wildman–Crippen LogP) is 1.43. The molecule has 0 saturated carbocycles. The molecule has 86 valence electrons. The molecule has 3 aliphatic rings. The molecular weight excluding hydrogens is 200 g/mol. The molecule has 3 nitrogen and oxygen atoms in total. The van der Waals surface area contributed by atoms with Gasteiger partial charge < -0.3 is 5.11 Å². The van der Waals surface area contributed by atoms with Crippen LogP contribution in [0.4, 0.5) is 0 Å². The number of hydrogen-bond acceptors (Lipinski definition) is 3. The third-order valence-electron chi connectivity index (χ3n) is 4.03. The number of piperidine rings is 3. The first-order valence-electron chi connectivity index (χ1n) is 6.13. The lowest BCUT2D eigenvalue weighted by atomic mass is 9.79. The summed E-state index contributed by atoms with van der Waals surface area (Å²) in [5, 5.41) is 10.7. The van der Waals surface area contributed by atoms with Crippen molar-refractivity contribution >= 4 is 0 Å². The van der Waals surface area contributed by atoms with Gasteiger partial charge in [0, 0.05) is 31.9 Å². The summed E-state index contributed by atoms with van der Waals surface area (Å²) in [7, 11) is 0. The lowest BCUT2D eigenvalue weighted by Crippen LogP contribution is -2.59. The lowest BCUT2D eigenvalue weighted by Gasteiger charge is -2.51. The van der Waals surface area contributed by atoms with Crippen LogP contribution >= 0.6 is 0 Å². The average Bonchev–Trinajstić information content (AvgIpc) is 2.31. The standard InChI is InChI=1S/C13H18N2O/c16-13(9-12-2-1-5-14-10-12)8-11-3-6-15(13)7-4-11/h1-2,5,10-11,16H,3-4,6-9H2. The van der Waals surface area contributed by atoms with Crippen LogP contribution in [0.3, 0.4) is 0 Å². The van der Waals surface area contributed by atoms with E-state index in [1.807, 2.05) is 18.3 Å². The van der Waals surface area contributed by atoms with Crippen LogP contribution in [0.5, 0.6) is 0 Å². The van der Waals surface area contributed by atoms with Gasteiger partial charge in [0.1, 0.15) is 5.72 Å². The smallest absolute Gasteiger partial charge is 0.122 e. The Hall–Kier alpha value is -0.930. The molecule has 4 heterocycles. The molecule has 0 radical (unpaired) electrons. The molecule has 4 rings (SSSR count). The molecule has 0 aromatic carbocycles. The van der Waals surface area contributed by atoms with E-state index in [1.165, 1.54) is 12.8 Å². The fraction of sp³-hybridized carbons (Fsp3) is 0.615. The number of hydrogen-bond donors (Lipinski definition) is 1. The Morgan fingerprint density at radius 2 is 2.25 bits per heavy atom. The Labute approximate surface area is 96.1 Å². The van der Waals surface area contributed by atoms with E-state index in [1.54, 1.807) is 6.20 Å². The Bertz CT molecular complexity index is 359. The van der Waals surface area contributed by atoms with Crippen molar-refractivity contribution in [2.45, 2.75) is 31.4 Å². The topological polar surface area (TPSA) is 36.4 Å². The van der Waals surface area contributed by atoms with Crippen LogP contribution in [0, 0.1) is 5.92 Å². The van der Waals surface area contributed by atoms with Crippen molar-refractivity contribution in [3.05, 3.63) is 30.1 Å². The van der Waals surface area contributed by atoms with Crippen molar-refractivity contribution in [1.29, 1.82) is 0 Å². The van der Waals surface area contributed by atoms with Gasteiger partial charge in [0.2, 0.25) is 0 Å². The molecule has 2 bridgehead atoms. The number of pyridine rings is 1. The molecule has 16 heavy (non-hydrogen) atoms. The van der Waals surface area contributed by atoms with Gasteiger partial charge in [-0.25, -0.2) is 0 Å². The summed E-state index contributed by atoms with van der Waals surface area (Å²) in [6, 6.07) is 3.99. The van der Waals surface area contributed by atoms with Crippen LogP contribution in [0.15, 0.2) is 24.5 Å². The van der Waals surface area contributed by atoms with Gasteiger partial charge in [-0.15, -0.1) is 0 Å². The summed E-state index contributed by atoms with van der Waals surface area (Å²) in [6.07, 6.45) is 7.81. The van der Waals surface area contributed by atoms with Crippen LogP contribution in [0.25, 0.3) is 0 Å². The first kappa shape index (κ1) is 10.2. The Morgan fingerprint density at radius 3 is 2.81 bits per heavy atom. The normalized spacial score (nSPS) is 37.6. The molecule has 1 aromatic heterocycles. The number of fused-ring (bicyclic) bond motifs is 3. The summed E-state index contributed by atoms with van der Waals surface area (Å²) in [6.45, 7) is 2.11. The summed E-state index contributed by atoms with van der Waals surface area (Å²) in [5.41, 5.74) is 0.530. The highest BCUT2D eigenvalue weighted by Crippen LogP contribution is 2.39. The molecule has 1 unspecified atom stereocenters. The minimum Gasteiger partial charge on any atom is -0.375 e. The molecule has 3 aliphatic heterocycles. The maximum atomic E-state index is 10.7. The fourth-order valence-corrected chi connectivity index (χ4v) is 3.16. The summed E-state index contributed by atoms with van der Waals surface area (Å²) < 4.78 is 0. The first-order chi connectivity index (χ1) is 7.76. The maximum Gasteiger partial charge on any atom is 0.122 e. The summed E-state index contributed by atoms with van der Waals surface area (Å²) in [5.74, 6) is 0.728. The van der Waals surface area contributed by atoms with Crippen molar-refractivity contribution in [3.63, 3.8) is 0 Å². The molecule has 3 fully saturated rings. The second-order valence-corrected chi connectivity index (χ2v) is 5.16. The van der Waals surface area contributed by atoms with Crippen molar-refractivity contribution in [1.82, 2.24) is 9.88 Å². The molecule has 1 N–H and O–H groups in total. The third kappa shape index (κ3) is 1.74. The van der Waals surface area contributed by atoms with Crippen LogP contribution in [0.2, 0.25) is 0 Å². The van der Waals surface area contributed by atoms with E-state index >= 15 is 0 Å². The van der Waals surface area contributed by atoms with E-state index in [-0.39, 0.29) is 0 Å². The number of nitrogens with zero attached hydrogens (tertiary/aromatic N) is 2. The van der Waals surface area contributed by atoms with E-state index in [4.69, 9.17) is 0 Å². The molecule has 0 amide bonds. The van der Waals surface area contributed by atoms with E-state index in [0.29, 0.717) is 0 Å².